The summed E-state index contributed by atoms with van der Waals surface area (Å²) in [6.07, 6.45) is 1.04. The highest BCUT2D eigenvalue weighted by Crippen LogP contribution is 2.20. The first kappa shape index (κ1) is 15.2. The van der Waals surface area contributed by atoms with E-state index in [0.29, 0.717) is 24.0 Å². The molecule has 0 saturated carbocycles. The SMILES string of the molecule is Cc1cccc(S(=O)CCOCCC(C)C)c1N. The molecular formula is C14H23NO2S. The van der Waals surface area contributed by atoms with Crippen LogP contribution in [0.2, 0.25) is 0 Å². The van der Waals surface area contributed by atoms with E-state index >= 15 is 0 Å². The van der Waals surface area contributed by atoms with Crippen molar-refractivity contribution >= 4 is 16.5 Å². The second kappa shape index (κ2) is 7.54. The third kappa shape index (κ3) is 4.78. The van der Waals surface area contributed by atoms with E-state index in [0.717, 1.165) is 23.5 Å². The van der Waals surface area contributed by atoms with E-state index in [9.17, 15) is 4.21 Å². The maximum Gasteiger partial charge on any atom is 0.0620 e. The average molecular weight is 269 g/mol. The van der Waals surface area contributed by atoms with Crippen LogP contribution in [0.4, 0.5) is 5.69 Å². The van der Waals surface area contributed by atoms with Gasteiger partial charge in [0.05, 0.1) is 33.7 Å². The van der Waals surface area contributed by atoms with E-state index in [2.05, 4.69) is 13.8 Å². The van der Waals surface area contributed by atoms with Gasteiger partial charge in [0.25, 0.3) is 0 Å². The van der Waals surface area contributed by atoms with Crippen molar-refractivity contribution in [2.24, 2.45) is 5.92 Å². The molecule has 0 amide bonds. The van der Waals surface area contributed by atoms with Gasteiger partial charge in [0, 0.05) is 6.61 Å². The Morgan fingerprint density at radius 3 is 2.72 bits per heavy atom. The third-order valence-electron chi connectivity index (χ3n) is 2.78. The molecule has 2 N–H and O–H groups in total. The zero-order chi connectivity index (χ0) is 13.5. The lowest BCUT2D eigenvalue weighted by molar-refractivity contribution is 0.138. The lowest BCUT2D eigenvalue weighted by atomic mass is 10.1. The Balaban J connectivity index is 2.39. The van der Waals surface area contributed by atoms with E-state index < -0.39 is 10.8 Å². The molecule has 0 fully saturated rings. The Morgan fingerprint density at radius 1 is 1.33 bits per heavy atom. The number of nitrogens with two attached hydrogens (primary N) is 1. The third-order valence-corrected chi connectivity index (χ3v) is 4.17. The van der Waals surface area contributed by atoms with Crippen LogP contribution in [0.25, 0.3) is 0 Å². The van der Waals surface area contributed by atoms with Gasteiger partial charge in [-0.3, -0.25) is 4.21 Å². The van der Waals surface area contributed by atoms with Gasteiger partial charge in [0.1, 0.15) is 0 Å². The maximum absolute atomic E-state index is 12.1. The number of ether oxygens (including phenoxy) is 1. The zero-order valence-corrected chi connectivity index (χ0v) is 12.3. The van der Waals surface area contributed by atoms with Crippen molar-refractivity contribution in [1.82, 2.24) is 0 Å². The summed E-state index contributed by atoms with van der Waals surface area (Å²) in [5.74, 6) is 1.15. The van der Waals surface area contributed by atoms with Crippen LogP contribution in [0, 0.1) is 12.8 Å². The van der Waals surface area contributed by atoms with E-state index in [4.69, 9.17) is 10.5 Å². The van der Waals surface area contributed by atoms with Gasteiger partial charge in [-0.2, -0.15) is 0 Å². The van der Waals surface area contributed by atoms with Gasteiger partial charge in [0.2, 0.25) is 0 Å². The van der Waals surface area contributed by atoms with Gasteiger partial charge < -0.3 is 10.5 Å². The quantitative estimate of drug-likeness (QED) is 0.611. The molecule has 0 saturated heterocycles. The number of para-hydroxylation sites is 1. The summed E-state index contributed by atoms with van der Waals surface area (Å²) in [5.41, 5.74) is 7.53. The lowest BCUT2D eigenvalue weighted by Crippen LogP contribution is -2.10. The molecule has 0 radical (unpaired) electrons. The predicted molar refractivity (Wildman–Crippen MR) is 77.1 cm³/mol. The minimum Gasteiger partial charge on any atom is -0.398 e. The van der Waals surface area contributed by atoms with Crippen LogP contribution in [0.1, 0.15) is 25.8 Å². The molecule has 1 aromatic rings. The summed E-state index contributed by atoms with van der Waals surface area (Å²) in [6.45, 7) is 7.50. The standard InChI is InChI=1S/C14H23NO2S/c1-11(2)7-8-17-9-10-18(16)13-6-4-5-12(3)14(13)15/h4-6,11H,7-10,15H2,1-3H3. The predicted octanol–water partition coefficient (Wildman–Crippen LogP) is 2.75. The number of nitrogen functional groups attached to an aromatic ring is 1. The number of rotatable bonds is 7. The molecule has 0 bridgehead atoms. The topological polar surface area (TPSA) is 52.3 Å². The summed E-state index contributed by atoms with van der Waals surface area (Å²) in [7, 11) is -1.07. The fourth-order valence-corrected chi connectivity index (χ4v) is 2.64. The van der Waals surface area contributed by atoms with Crippen LogP contribution in [0.3, 0.4) is 0 Å². The van der Waals surface area contributed by atoms with Gasteiger partial charge in [-0.25, -0.2) is 0 Å². The van der Waals surface area contributed by atoms with Gasteiger partial charge in [-0.05, 0) is 30.9 Å². The number of benzene rings is 1. The van der Waals surface area contributed by atoms with Crippen molar-refractivity contribution in [1.29, 1.82) is 0 Å². The lowest BCUT2D eigenvalue weighted by Gasteiger charge is -2.09. The Labute approximate surface area is 112 Å². The van der Waals surface area contributed by atoms with Crippen LogP contribution in [-0.4, -0.2) is 23.2 Å². The normalized spacial score (nSPS) is 12.9. The molecule has 0 spiro atoms. The first-order valence-electron chi connectivity index (χ1n) is 6.33. The molecule has 1 aromatic carbocycles. The Hall–Kier alpha value is -0.870. The van der Waals surface area contributed by atoms with Crippen LogP contribution in [-0.2, 0) is 15.5 Å². The van der Waals surface area contributed by atoms with Crippen LogP contribution < -0.4 is 5.73 Å². The van der Waals surface area contributed by atoms with Gasteiger partial charge in [-0.1, -0.05) is 26.0 Å². The van der Waals surface area contributed by atoms with Crippen LogP contribution in [0.5, 0.6) is 0 Å². The second-order valence-corrected chi connectivity index (χ2v) is 6.37. The van der Waals surface area contributed by atoms with Crippen molar-refractivity contribution in [3.05, 3.63) is 23.8 Å². The van der Waals surface area contributed by atoms with Crippen LogP contribution in [0.15, 0.2) is 23.1 Å². The monoisotopic (exact) mass is 269 g/mol. The molecule has 0 heterocycles. The molecule has 1 atom stereocenters. The fraction of sp³-hybridized carbons (Fsp3) is 0.571. The van der Waals surface area contributed by atoms with Crippen molar-refractivity contribution in [3.8, 4) is 0 Å². The van der Waals surface area contributed by atoms with E-state index in [-0.39, 0.29) is 0 Å². The molecule has 4 heteroatoms. The smallest absolute Gasteiger partial charge is 0.0620 e. The first-order valence-corrected chi connectivity index (χ1v) is 7.65. The van der Waals surface area contributed by atoms with E-state index in [1.54, 1.807) is 0 Å². The Kier molecular flexibility index (Phi) is 6.36. The van der Waals surface area contributed by atoms with Crippen molar-refractivity contribution in [2.75, 3.05) is 24.7 Å². The van der Waals surface area contributed by atoms with Gasteiger partial charge in [0.15, 0.2) is 0 Å². The highest BCUT2D eigenvalue weighted by Gasteiger charge is 2.09. The van der Waals surface area contributed by atoms with Crippen molar-refractivity contribution in [3.63, 3.8) is 0 Å². The largest absolute Gasteiger partial charge is 0.398 e. The molecule has 0 aliphatic heterocycles. The molecule has 3 nitrogen and oxygen atoms in total. The molecule has 1 unspecified atom stereocenters. The molecule has 102 valence electrons. The van der Waals surface area contributed by atoms with Crippen LogP contribution >= 0.6 is 0 Å². The average Bonchev–Trinajstić information content (AvgIpc) is 2.31. The van der Waals surface area contributed by atoms with Crippen molar-refractivity contribution < 1.29 is 8.95 Å². The van der Waals surface area contributed by atoms with E-state index in [1.165, 1.54) is 0 Å². The molecular weight excluding hydrogens is 246 g/mol. The maximum atomic E-state index is 12.1. The molecule has 18 heavy (non-hydrogen) atoms. The van der Waals surface area contributed by atoms with Crippen molar-refractivity contribution in [2.45, 2.75) is 32.1 Å². The number of aryl methyl sites for hydroxylation is 1. The minimum atomic E-state index is -1.07. The Morgan fingerprint density at radius 2 is 2.06 bits per heavy atom. The molecule has 1 rings (SSSR count). The molecule has 0 aliphatic carbocycles. The number of hydrogen-bond acceptors (Lipinski definition) is 3. The number of hydrogen-bond donors (Lipinski definition) is 1. The highest BCUT2D eigenvalue weighted by atomic mass is 32.2. The first-order chi connectivity index (χ1) is 8.52. The van der Waals surface area contributed by atoms with Gasteiger partial charge in [-0.15, -0.1) is 0 Å². The Bertz CT molecular complexity index is 405. The second-order valence-electron chi connectivity index (χ2n) is 4.83. The summed E-state index contributed by atoms with van der Waals surface area (Å²) >= 11 is 0. The van der Waals surface area contributed by atoms with E-state index in [1.807, 2.05) is 25.1 Å². The molecule has 0 aromatic heterocycles. The zero-order valence-electron chi connectivity index (χ0n) is 11.4. The fourth-order valence-electron chi connectivity index (χ4n) is 1.52. The minimum absolute atomic E-state index is 0.506. The summed E-state index contributed by atoms with van der Waals surface area (Å²) in [6, 6.07) is 5.64. The number of anilines is 1. The molecule has 0 aliphatic rings. The summed E-state index contributed by atoms with van der Waals surface area (Å²) in [5, 5.41) is 0. The highest BCUT2D eigenvalue weighted by molar-refractivity contribution is 7.85. The van der Waals surface area contributed by atoms with Gasteiger partial charge >= 0.3 is 0 Å². The summed E-state index contributed by atoms with van der Waals surface area (Å²) in [4.78, 5) is 0.724. The summed E-state index contributed by atoms with van der Waals surface area (Å²) < 4.78 is 17.5.